The molecule has 8 nitrogen and oxygen atoms in total. The highest BCUT2D eigenvalue weighted by Crippen LogP contribution is 2.32. The third-order valence-electron chi connectivity index (χ3n) is 5.44. The molecule has 0 heterocycles. The molecule has 2 rings (SSSR count). The number of nitro benzene ring substituents is 1. The molecule has 10 heteroatoms. The molecule has 0 spiro atoms. The zero-order valence-electron chi connectivity index (χ0n) is 21.1. The molecule has 0 aliphatic rings. The van der Waals surface area contributed by atoms with Crippen LogP contribution < -0.4 is 4.74 Å². The van der Waals surface area contributed by atoms with Crippen LogP contribution >= 0.6 is 23.2 Å². The molecule has 0 aromatic heterocycles. The van der Waals surface area contributed by atoms with Gasteiger partial charge in [-0.2, -0.15) is 0 Å². The predicted octanol–water partition coefficient (Wildman–Crippen LogP) is 8.37. The first-order chi connectivity index (χ1) is 17.7. The number of non-ortho nitro benzene ring substituents is 1. The number of rotatable bonds is 14. The van der Waals surface area contributed by atoms with Gasteiger partial charge in [-0.15, -0.1) is 0 Å². The Kier molecular flexibility index (Phi) is 13.1. The predicted molar refractivity (Wildman–Crippen MR) is 145 cm³/mol. The fraction of sp³-hybridized carbons (Fsp3) is 0.444. The second kappa shape index (κ2) is 16.0. The van der Waals surface area contributed by atoms with Gasteiger partial charge < -0.3 is 9.47 Å². The van der Waals surface area contributed by atoms with Crippen molar-refractivity contribution in [1.82, 2.24) is 0 Å². The SMILES string of the molecule is CCCCCCC(=O)OC(=Nc1ccc([N+](=O)[O-])cc1Cl)c1cc(Cl)ccc1OC(=O)CCCCCC. The summed E-state index contributed by atoms with van der Waals surface area (Å²) in [4.78, 5) is 40.0. The minimum Gasteiger partial charge on any atom is -0.426 e. The van der Waals surface area contributed by atoms with Crippen molar-refractivity contribution in [3.05, 3.63) is 62.1 Å². The lowest BCUT2D eigenvalue weighted by molar-refractivity contribution is -0.384. The highest BCUT2D eigenvalue weighted by Gasteiger charge is 2.20. The van der Waals surface area contributed by atoms with Crippen LogP contribution in [0.1, 0.15) is 83.6 Å². The van der Waals surface area contributed by atoms with Gasteiger partial charge in [-0.3, -0.25) is 19.7 Å². The molecule has 0 aliphatic carbocycles. The van der Waals surface area contributed by atoms with E-state index >= 15 is 0 Å². The van der Waals surface area contributed by atoms with Crippen LogP contribution in [0.3, 0.4) is 0 Å². The van der Waals surface area contributed by atoms with E-state index in [2.05, 4.69) is 18.8 Å². The molecule has 0 aliphatic heterocycles. The number of esters is 2. The molecule has 0 fully saturated rings. The molecular weight excluding hydrogens is 519 g/mol. The molecule has 2 aromatic carbocycles. The highest BCUT2D eigenvalue weighted by molar-refractivity contribution is 6.33. The van der Waals surface area contributed by atoms with Crippen molar-refractivity contribution in [3.63, 3.8) is 0 Å². The Hall–Kier alpha value is -2.97. The summed E-state index contributed by atoms with van der Waals surface area (Å²) >= 11 is 12.5. The topological polar surface area (TPSA) is 108 Å². The normalized spacial score (nSPS) is 11.3. The second-order valence-corrected chi connectivity index (χ2v) is 9.36. The summed E-state index contributed by atoms with van der Waals surface area (Å²) in [5.74, 6) is -1.00. The lowest BCUT2D eigenvalue weighted by Crippen LogP contribution is -2.16. The van der Waals surface area contributed by atoms with Crippen molar-refractivity contribution in [1.29, 1.82) is 0 Å². The maximum atomic E-state index is 12.7. The van der Waals surface area contributed by atoms with E-state index in [1.807, 2.05) is 0 Å². The summed E-state index contributed by atoms with van der Waals surface area (Å²) in [7, 11) is 0. The van der Waals surface area contributed by atoms with E-state index in [1.165, 1.54) is 24.3 Å². The van der Waals surface area contributed by atoms with Gasteiger partial charge in [-0.05, 0) is 37.1 Å². The van der Waals surface area contributed by atoms with Crippen molar-refractivity contribution in [2.75, 3.05) is 0 Å². The zero-order chi connectivity index (χ0) is 27.2. The van der Waals surface area contributed by atoms with E-state index in [-0.39, 0.29) is 46.4 Å². The number of aliphatic imine (C=N–C) groups is 1. The third-order valence-corrected chi connectivity index (χ3v) is 5.98. The first kappa shape index (κ1) is 30.3. The fourth-order valence-corrected chi connectivity index (χ4v) is 3.82. The van der Waals surface area contributed by atoms with E-state index < -0.39 is 16.9 Å². The number of ether oxygens (including phenoxy) is 2. The van der Waals surface area contributed by atoms with Crippen LogP contribution in [0.4, 0.5) is 11.4 Å². The molecule has 0 N–H and O–H groups in total. The summed E-state index contributed by atoms with van der Waals surface area (Å²) in [6.45, 7) is 4.16. The van der Waals surface area contributed by atoms with Gasteiger partial charge in [-0.25, -0.2) is 4.99 Å². The van der Waals surface area contributed by atoms with Gasteiger partial charge in [-0.1, -0.05) is 75.6 Å². The maximum Gasteiger partial charge on any atom is 0.312 e. The Morgan fingerprint density at radius 2 is 1.54 bits per heavy atom. The average Bonchev–Trinajstić information content (AvgIpc) is 2.86. The first-order valence-corrected chi connectivity index (χ1v) is 13.2. The summed E-state index contributed by atoms with van der Waals surface area (Å²) in [6, 6.07) is 8.27. The number of nitro groups is 1. The maximum absolute atomic E-state index is 12.7. The molecule has 0 unspecified atom stereocenters. The molecule has 0 saturated heterocycles. The number of benzene rings is 2. The van der Waals surface area contributed by atoms with Crippen LogP contribution in [0.15, 0.2) is 41.4 Å². The van der Waals surface area contributed by atoms with Crippen molar-refractivity contribution < 1.29 is 24.0 Å². The molecule has 0 bridgehead atoms. The van der Waals surface area contributed by atoms with Crippen molar-refractivity contribution in [3.8, 4) is 5.75 Å². The van der Waals surface area contributed by atoms with Gasteiger partial charge in [0.05, 0.1) is 21.2 Å². The summed E-state index contributed by atoms with van der Waals surface area (Å²) < 4.78 is 11.2. The number of hydrogen-bond acceptors (Lipinski definition) is 7. The van der Waals surface area contributed by atoms with Crippen LogP contribution in [0.5, 0.6) is 5.75 Å². The van der Waals surface area contributed by atoms with Crippen LogP contribution in [0, 0.1) is 10.1 Å². The van der Waals surface area contributed by atoms with Gasteiger partial charge in [0.25, 0.3) is 5.69 Å². The monoisotopic (exact) mass is 550 g/mol. The number of carbonyl (C=O) groups is 2. The quantitative estimate of drug-likeness (QED) is 0.0444. The Balaban J connectivity index is 2.41. The molecule has 0 radical (unpaired) electrons. The lowest BCUT2D eigenvalue weighted by atomic mass is 10.1. The Bertz CT molecular complexity index is 1120. The molecule has 37 heavy (non-hydrogen) atoms. The molecule has 0 atom stereocenters. The van der Waals surface area contributed by atoms with Gasteiger partial charge in [0.15, 0.2) is 0 Å². The van der Waals surface area contributed by atoms with E-state index in [1.54, 1.807) is 6.07 Å². The van der Waals surface area contributed by atoms with Gasteiger partial charge in [0, 0.05) is 30.0 Å². The van der Waals surface area contributed by atoms with E-state index in [4.69, 9.17) is 32.7 Å². The molecule has 200 valence electrons. The second-order valence-electron chi connectivity index (χ2n) is 8.52. The summed E-state index contributed by atoms with van der Waals surface area (Å²) in [6.07, 6.45) is 7.64. The molecular formula is C27H32Cl2N2O6. The number of unbranched alkanes of at least 4 members (excludes halogenated alkanes) is 6. The number of nitrogens with zero attached hydrogens (tertiary/aromatic N) is 2. The first-order valence-electron chi connectivity index (χ1n) is 12.5. The Labute approximate surface area is 227 Å². The van der Waals surface area contributed by atoms with Crippen LogP contribution in [-0.4, -0.2) is 22.8 Å². The fourth-order valence-electron chi connectivity index (χ4n) is 3.43. The Morgan fingerprint density at radius 3 is 2.14 bits per heavy atom. The molecule has 0 saturated carbocycles. The highest BCUT2D eigenvalue weighted by atomic mass is 35.5. The van der Waals surface area contributed by atoms with Crippen molar-refractivity contribution in [2.24, 2.45) is 4.99 Å². The van der Waals surface area contributed by atoms with E-state index in [0.717, 1.165) is 44.6 Å². The zero-order valence-corrected chi connectivity index (χ0v) is 22.6. The van der Waals surface area contributed by atoms with E-state index in [0.29, 0.717) is 17.9 Å². The van der Waals surface area contributed by atoms with Crippen LogP contribution in [0.2, 0.25) is 10.0 Å². The summed E-state index contributed by atoms with van der Waals surface area (Å²) in [5, 5.41) is 11.4. The lowest BCUT2D eigenvalue weighted by Gasteiger charge is -2.14. The van der Waals surface area contributed by atoms with Gasteiger partial charge in [0.2, 0.25) is 5.90 Å². The smallest absolute Gasteiger partial charge is 0.312 e. The molecule has 0 amide bonds. The Morgan fingerprint density at radius 1 is 0.892 bits per heavy atom. The number of halogens is 2. The van der Waals surface area contributed by atoms with Crippen LogP contribution in [0.25, 0.3) is 0 Å². The third kappa shape index (κ3) is 10.5. The van der Waals surface area contributed by atoms with Crippen molar-refractivity contribution >= 4 is 52.4 Å². The number of hydrogen-bond donors (Lipinski definition) is 0. The average molecular weight is 551 g/mol. The largest absolute Gasteiger partial charge is 0.426 e. The van der Waals surface area contributed by atoms with Gasteiger partial charge in [0.1, 0.15) is 5.75 Å². The van der Waals surface area contributed by atoms with Crippen LogP contribution in [-0.2, 0) is 14.3 Å². The molecule has 2 aromatic rings. The van der Waals surface area contributed by atoms with Crippen molar-refractivity contribution in [2.45, 2.75) is 78.1 Å². The number of carbonyl (C=O) groups excluding carboxylic acids is 2. The summed E-state index contributed by atoms with van der Waals surface area (Å²) in [5.41, 5.74) is 0.113. The minimum absolute atomic E-state index is 0.0119. The standard InChI is InChI=1S/C27H32Cl2N2O6/c1-3-5-7-9-11-25(32)36-24-16-13-19(28)17-21(24)27(37-26(33)12-10-8-6-4-2)30-23-15-14-20(31(34)35)18-22(23)29/h13-18H,3-12H2,1-2H3. The minimum atomic E-state index is -0.578. The van der Waals surface area contributed by atoms with Gasteiger partial charge >= 0.3 is 11.9 Å². The van der Waals surface area contributed by atoms with E-state index in [9.17, 15) is 19.7 Å².